The summed E-state index contributed by atoms with van der Waals surface area (Å²) in [6, 6.07) is 2.64. The van der Waals surface area contributed by atoms with Gasteiger partial charge < -0.3 is 4.42 Å². The van der Waals surface area contributed by atoms with Gasteiger partial charge in [0, 0.05) is 17.7 Å². The van der Waals surface area contributed by atoms with Gasteiger partial charge in [-0.25, -0.2) is 0 Å². The van der Waals surface area contributed by atoms with Crippen LogP contribution in [0, 0.1) is 13.8 Å². The average molecular weight is 315 g/mol. The molecular formula is C17H25N5O. The lowest BCUT2D eigenvalue weighted by molar-refractivity contribution is 0.110. The molecule has 4 rings (SSSR count). The second-order valence-corrected chi connectivity index (χ2v) is 7.04. The maximum atomic E-state index is 5.85. The van der Waals surface area contributed by atoms with Crippen LogP contribution in [0.2, 0.25) is 0 Å². The molecule has 1 atom stereocenters. The van der Waals surface area contributed by atoms with E-state index in [0.29, 0.717) is 12.0 Å². The standard InChI is InChI=1S/C17H25N5O/c1-12-9-13(2)22(20-12)10-15-5-3-4-8-21(15)11-16-18-19-17(23-16)14-6-7-14/h9,14-15H,3-8,10-11H2,1-2H3/t15-/m1/s1. The van der Waals surface area contributed by atoms with Gasteiger partial charge in [0.1, 0.15) is 0 Å². The molecule has 2 aromatic rings. The lowest BCUT2D eigenvalue weighted by Crippen LogP contribution is -2.42. The topological polar surface area (TPSA) is 60.0 Å². The third-order valence-corrected chi connectivity index (χ3v) is 4.98. The lowest BCUT2D eigenvalue weighted by atomic mass is 10.0. The van der Waals surface area contributed by atoms with Crippen molar-refractivity contribution in [3.8, 4) is 0 Å². The summed E-state index contributed by atoms with van der Waals surface area (Å²) in [6.45, 7) is 7.01. The molecule has 2 aliphatic rings. The molecule has 2 fully saturated rings. The Morgan fingerprint density at radius 2 is 2.04 bits per heavy atom. The smallest absolute Gasteiger partial charge is 0.230 e. The predicted molar refractivity (Wildman–Crippen MR) is 86.0 cm³/mol. The normalized spacial score (nSPS) is 22.6. The molecule has 6 nitrogen and oxygen atoms in total. The Kier molecular flexibility index (Phi) is 3.93. The number of piperidine rings is 1. The Bertz CT molecular complexity index is 672. The van der Waals surface area contributed by atoms with Gasteiger partial charge in [-0.1, -0.05) is 6.42 Å². The largest absolute Gasteiger partial charge is 0.424 e. The third kappa shape index (κ3) is 3.32. The molecule has 0 N–H and O–H groups in total. The number of nitrogens with zero attached hydrogens (tertiary/aromatic N) is 5. The monoisotopic (exact) mass is 315 g/mol. The van der Waals surface area contributed by atoms with Crippen LogP contribution in [0.25, 0.3) is 0 Å². The Hall–Kier alpha value is -1.69. The molecular weight excluding hydrogens is 290 g/mol. The zero-order valence-electron chi connectivity index (χ0n) is 14.0. The molecule has 0 amide bonds. The van der Waals surface area contributed by atoms with Crippen LogP contribution in [0.15, 0.2) is 10.5 Å². The Morgan fingerprint density at radius 3 is 2.78 bits per heavy atom. The van der Waals surface area contributed by atoms with Crippen molar-refractivity contribution in [3.05, 3.63) is 29.2 Å². The molecule has 23 heavy (non-hydrogen) atoms. The van der Waals surface area contributed by atoms with Gasteiger partial charge in [-0.2, -0.15) is 5.10 Å². The van der Waals surface area contributed by atoms with Gasteiger partial charge in [0.2, 0.25) is 11.8 Å². The lowest BCUT2D eigenvalue weighted by Gasteiger charge is -2.34. The zero-order chi connectivity index (χ0) is 15.8. The minimum Gasteiger partial charge on any atom is -0.424 e. The van der Waals surface area contributed by atoms with E-state index in [4.69, 9.17) is 4.42 Å². The highest BCUT2D eigenvalue weighted by atomic mass is 16.4. The van der Waals surface area contributed by atoms with Crippen LogP contribution < -0.4 is 0 Å². The highest BCUT2D eigenvalue weighted by Crippen LogP contribution is 2.39. The summed E-state index contributed by atoms with van der Waals surface area (Å²) in [5, 5.41) is 13.1. The third-order valence-electron chi connectivity index (χ3n) is 4.98. The van der Waals surface area contributed by atoms with Gasteiger partial charge >= 0.3 is 0 Å². The van der Waals surface area contributed by atoms with E-state index in [-0.39, 0.29) is 0 Å². The molecule has 6 heteroatoms. The Labute approximate surface area is 136 Å². The van der Waals surface area contributed by atoms with E-state index in [1.165, 1.54) is 37.8 Å². The van der Waals surface area contributed by atoms with E-state index in [1.54, 1.807) is 0 Å². The van der Waals surface area contributed by atoms with Crippen LogP contribution in [-0.4, -0.2) is 37.5 Å². The van der Waals surface area contributed by atoms with Crippen LogP contribution in [0.1, 0.15) is 61.2 Å². The minimum absolute atomic E-state index is 0.498. The number of rotatable bonds is 5. The van der Waals surface area contributed by atoms with Crippen molar-refractivity contribution in [3.63, 3.8) is 0 Å². The van der Waals surface area contributed by atoms with Crippen LogP contribution in [-0.2, 0) is 13.1 Å². The van der Waals surface area contributed by atoms with Crippen LogP contribution in [0.5, 0.6) is 0 Å². The highest BCUT2D eigenvalue weighted by molar-refractivity contribution is 5.07. The molecule has 3 heterocycles. The Balaban J connectivity index is 1.44. The highest BCUT2D eigenvalue weighted by Gasteiger charge is 2.30. The first-order valence-corrected chi connectivity index (χ1v) is 8.76. The van der Waals surface area contributed by atoms with Crippen LogP contribution in [0.4, 0.5) is 0 Å². The van der Waals surface area contributed by atoms with E-state index in [0.717, 1.165) is 37.1 Å². The summed E-state index contributed by atoms with van der Waals surface area (Å²) in [6.07, 6.45) is 6.15. The molecule has 1 saturated heterocycles. The second-order valence-electron chi connectivity index (χ2n) is 7.04. The summed E-state index contributed by atoms with van der Waals surface area (Å²) >= 11 is 0. The Morgan fingerprint density at radius 1 is 1.17 bits per heavy atom. The molecule has 1 saturated carbocycles. The van der Waals surface area contributed by atoms with Crippen molar-refractivity contribution < 1.29 is 4.42 Å². The van der Waals surface area contributed by atoms with Gasteiger partial charge in [0.15, 0.2) is 0 Å². The van der Waals surface area contributed by atoms with Gasteiger partial charge in [-0.3, -0.25) is 9.58 Å². The van der Waals surface area contributed by atoms with Crippen molar-refractivity contribution in [1.29, 1.82) is 0 Å². The van der Waals surface area contributed by atoms with Crippen molar-refractivity contribution in [2.45, 2.75) is 71.0 Å². The number of aryl methyl sites for hydroxylation is 2. The summed E-state index contributed by atoms with van der Waals surface area (Å²) in [7, 11) is 0. The molecule has 0 spiro atoms. The fraction of sp³-hybridized carbons (Fsp3) is 0.706. The van der Waals surface area contributed by atoms with Gasteiger partial charge in [0.05, 0.1) is 18.8 Å². The first-order chi connectivity index (χ1) is 11.2. The van der Waals surface area contributed by atoms with E-state index < -0.39 is 0 Å². The summed E-state index contributed by atoms with van der Waals surface area (Å²) in [4.78, 5) is 2.49. The minimum atomic E-state index is 0.498. The molecule has 1 aliphatic carbocycles. The molecule has 0 radical (unpaired) electrons. The van der Waals surface area contributed by atoms with Crippen LogP contribution in [0.3, 0.4) is 0 Å². The first-order valence-electron chi connectivity index (χ1n) is 8.76. The number of aromatic nitrogens is 4. The van der Waals surface area contributed by atoms with Crippen molar-refractivity contribution in [2.75, 3.05) is 6.54 Å². The SMILES string of the molecule is Cc1cc(C)n(C[C@H]2CCCCN2Cc2nnc(C3CC3)o2)n1. The second kappa shape index (κ2) is 6.07. The fourth-order valence-corrected chi connectivity index (χ4v) is 3.53. The first kappa shape index (κ1) is 14.9. The van der Waals surface area contributed by atoms with E-state index in [9.17, 15) is 0 Å². The summed E-state index contributed by atoms with van der Waals surface area (Å²) in [5.41, 5.74) is 2.33. The molecule has 0 unspecified atom stereocenters. The fourth-order valence-electron chi connectivity index (χ4n) is 3.53. The molecule has 2 aromatic heterocycles. The quantitative estimate of drug-likeness (QED) is 0.849. The number of likely N-dealkylation sites (tertiary alicyclic amines) is 1. The van der Waals surface area contributed by atoms with Crippen molar-refractivity contribution in [1.82, 2.24) is 24.9 Å². The molecule has 0 aromatic carbocycles. The van der Waals surface area contributed by atoms with Crippen LogP contribution >= 0.6 is 0 Å². The maximum Gasteiger partial charge on any atom is 0.230 e. The van der Waals surface area contributed by atoms with E-state index >= 15 is 0 Å². The zero-order valence-corrected chi connectivity index (χ0v) is 14.0. The predicted octanol–water partition coefficient (Wildman–Crippen LogP) is 2.82. The number of hydrogen-bond donors (Lipinski definition) is 0. The van der Waals surface area contributed by atoms with E-state index in [1.807, 2.05) is 0 Å². The average Bonchev–Trinajstić information content (AvgIpc) is 3.20. The van der Waals surface area contributed by atoms with Crippen molar-refractivity contribution >= 4 is 0 Å². The summed E-state index contributed by atoms with van der Waals surface area (Å²) in [5.74, 6) is 2.14. The van der Waals surface area contributed by atoms with Gasteiger partial charge in [-0.15, -0.1) is 10.2 Å². The summed E-state index contributed by atoms with van der Waals surface area (Å²) < 4.78 is 7.99. The van der Waals surface area contributed by atoms with Gasteiger partial charge in [0.25, 0.3) is 0 Å². The van der Waals surface area contributed by atoms with Crippen molar-refractivity contribution in [2.24, 2.45) is 0 Å². The molecule has 1 aliphatic heterocycles. The number of hydrogen-bond acceptors (Lipinski definition) is 5. The molecule has 0 bridgehead atoms. The van der Waals surface area contributed by atoms with Gasteiger partial charge in [-0.05, 0) is 52.1 Å². The van der Waals surface area contributed by atoms with E-state index in [2.05, 4.69) is 44.8 Å². The maximum absolute atomic E-state index is 5.85. The molecule has 124 valence electrons.